The molecule has 0 saturated heterocycles. The van der Waals surface area contributed by atoms with Gasteiger partial charge in [0.1, 0.15) is 6.29 Å². The van der Waals surface area contributed by atoms with Crippen molar-refractivity contribution in [1.82, 2.24) is 4.98 Å². The number of aldehydes is 1. The molecule has 0 aromatic carbocycles. The van der Waals surface area contributed by atoms with Crippen molar-refractivity contribution in [3.8, 4) is 0 Å². The molecule has 0 bridgehead atoms. The van der Waals surface area contributed by atoms with E-state index in [4.69, 9.17) is 0 Å². The Bertz CT molecular complexity index is 196. The van der Waals surface area contributed by atoms with E-state index < -0.39 is 0 Å². The molecule has 0 amide bonds. The van der Waals surface area contributed by atoms with Crippen LogP contribution in [0.1, 0.15) is 12.0 Å². The minimum atomic E-state index is 0.601. The summed E-state index contributed by atoms with van der Waals surface area (Å²) in [5.41, 5.74) is 1.17. The summed E-state index contributed by atoms with van der Waals surface area (Å²) in [6.07, 6.45) is 5.83. The molecule has 0 N–H and O–H groups in total. The molecular weight excluding hydrogens is 126 g/mol. The molecule has 0 aliphatic rings. The fourth-order valence-corrected chi connectivity index (χ4v) is 0.775. The number of nitrogens with zero attached hydrogens (tertiary/aromatic N) is 1. The van der Waals surface area contributed by atoms with Gasteiger partial charge in [0.2, 0.25) is 0 Å². The molecule has 0 radical (unpaired) electrons. The van der Waals surface area contributed by atoms with E-state index in [0.29, 0.717) is 6.42 Å². The third-order valence-electron chi connectivity index (χ3n) is 1.30. The minimum absolute atomic E-state index is 0.601. The molecule has 1 rings (SSSR count). The van der Waals surface area contributed by atoms with Gasteiger partial charge in [0.05, 0.1) is 0 Å². The Morgan fingerprint density at radius 2 is 2.10 bits per heavy atom. The zero-order chi connectivity index (χ0) is 7.23. The van der Waals surface area contributed by atoms with Gasteiger partial charge in [-0.15, -0.1) is 0 Å². The van der Waals surface area contributed by atoms with Gasteiger partial charge < -0.3 is 4.79 Å². The van der Waals surface area contributed by atoms with Crippen molar-refractivity contribution < 1.29 is 4.79 Å². The van der Waals surface area contributed by atoms with E-state index in [9.17, 15) is 4.79 Å². The highest BCUT2D eigenvalue weighted by atomic mass is 16.1. The average molecular weight is 135 g/mol. The SMILES string of the molecule is O=CCCc1ccncc1. The Labute approximate surface area is 59.9 Å². The van der Waals surface area contributed by atoms with E-state index in [1.54, 1.807) is 12.4 Å². The molecule has 0 aliphatic heterocycles. The molecule has 2 heteroatoms. The molecule has 0 unspecified atom stereocenters. The van der Waals surface area contributed by atoms with Crippen LogP contribution in [-0.2, 0) is 11.2 Å². The second-order valence-corrected chi connectivity index (χ2v) is 2.06. The summed E-state index contributed by atoms with van der Waals surface area (Å²) in [7, 11) is 0. The molecule has 52 valence electrons. The summed E-state index contributed by atoms with van der Waals surface area (Å²) in [4.78, 5) is 13.8. The standard InChI is InChI=1S/C8H9NO/c10-7-1-2-8-3-5-9-6-4-8/h3-7H,1-2H2. The van der Waals surface area contributed by atoms with Crippen LogP contribution < -0.4 is 0 Å². The van der Waals surface area contributed by atoms with Crippen LogP contribution in [0.25, 0.3) is 0 Å². The quantitative estimate of drug-likeness (QED) is 0.583. The first kappa shape index (κ1) is 6.93. The monoisotopic (exact) mass is 135 g/mol. The fourth-order valence-electron chi connectivity index (χ4n) is 0.775. The van der Waals surface area contributed by atoms with Crippen molar-refractivity contribution in [2.24, 2.45) is 0 Å². The maximum atomic E-state index is 9.96. The molecule has 0 saturated carbocycles. The number of hydrogen-bond acceptors (Lipinski definition) is 2. The molecule has 0 fully saturated rings. The van der Waals surface area contributed by atoms with Crippen molar-refractivity contribution >= 4 is 6.29 Å². The van der Waals surface area contributed by atoms with E-state index >= 15 is 0 Å². The lowest BCUT2D eigenvalue weighted by Crippen LogP contribution is -1.84. The van der Waals surface area contributed by atoms with E-state index in [2.05, 4.69) is 4.98 Å². The predicted octanol–water partition coefficient (Wildman–Crippen LogP) is 1.21. The Hall–Kier alpha value is -1.18. The summed E-state index contributed by atoms with van der Waals surface area (Å²) in [6.45, 7) is 0. The smallest absolute Gasteiger partial charge is 0.120 e. The molecule has 0 spiro atoms. The molecule has 0 aliphatic carbocycles. The van der Waals surface area contributed by atoms with Crippen molar-refractivity contribution in [1.29, 1.82) is 0 Å². The van der Waals surface area contributed by atoms with Crippen LogP contribution in [0.5, 0.6) is 0 Å². The second-order valence-electron chi connectivity index (χ2n) is 2.06. The normalized spacial score (nSPS) is 9.20. The molecule has 2 nitrogen and oxygen atoms in total. The zero-order valence-electron chi connectivity index (χ0n) is 5.66. The number of pyridine rings is 1. The topological polar surface area (TPSA) is 30.0 Å². The summed E-state index contributed by atoms with van der Waals surface area (Å²) in [6, 6.07) is 3.84. The van der Waals surface area contributed by atoms with Gasteiger partial charge in [0.25, 0.3) is 0 Å². The van der Waals surface area contributed by atoms with Crippen LogP contribution in [0.2, 0.25) is 0 Å². The largest absolute Gasteiger partial charge is 0.303 e. The average Bonchev–Trinajstić information content (AvgIpc) is 2.03. The zero-order valence-corrected chi connectivity index (χ0v) is 5.66. The Morgan fingerprint density at radius 1 is 1.40 bits per heavy atom. The van der Waals surface area contributed by atoms with Crippen molar-refractivity contribution in [2.45, 2.75) is 12.8 Å². The number of aromatic nitrogens is 1. The number of carbonyl (C=O) groups is 1. The lowest BCUT2D eigenvalue weighted by molar-refractivity contribution is -0.107. The summed E-state index contributed by atoms with van der Waals surface area (Å²) in [5.74, 6) is 0. The predicted molar refractivity (Wildman–Crippen MR) is 38.6 cm³/mol. The van der Waals surface area contributed by atoms with Gasteiger partial charge in [-0.3, -0.25) is 4.98 Å². The van der Waals surface area contributed by atoms with Gasteiger partial charge in [0, 0.05) is 18.8 Å². The van der Waals surface area contributed by atoms with Crippen molar-refractivity contribution in [2.75, 3.05) is 0 Å². The lowest BCUT2D eigenvalue weighted by Gasteiger charge is -1.92. The van der Waals surface area contributed by atoms with Crippen LogP contribution in [0.4, 0.5) is 0 Å². The first-order valence-electron chi connectivity index (χ1n) is 3.26. The third-order valence-corrected chi connectivity index (χ3v) is 1.30. The second kappa shape index (κ2) is 3.77. The van der Waals surface area contributed by atoms with Gasteiger partial charge in [-0.25, -0.2) is 0 Å². The first-order valence-corrected chi connectivity index (χ1v) is 3.26. The van der Waals surface area contributed by atoms with Gasteiger partial charge >= 0.3 is 0 Å². The summed E-state index contributed by atoms with van der Waals surface area (Å²) in [5, 5.41) is 0. The van der Waals surface area contributed by atoms with Crippen molar-refractivity contribution in [3.63, 3.8) is 0 Å². The van der Waals surface area contributed by atoms with Crippen LogP contribution in [-0.4, -0.2) is 11.3 Å². The maximum Gasteiger partial charge on any atom is 0.120 e. The highest BCUT2D eigenvalue weighted by Crippen LogP contribution is 1.98. The van der Waals surface area contributed by atoms with E-state index in [1.165, 1.54) is 5.56 Å². The molecule has 10 heavy (non-hydrogen) atoms. The summed E-state index contributed by atoms with van der Waals surface area (Å²) >= 11 is 0. The van der Waals surface area contributed by atoms with Crippen LogP contribution >= 0.6 is 0 Å². The molecule has 1 aromatic heterocycles. The van der Waals surface area contributed by atoms with Gasteiger partial charge in [0.15, 0.2) is 0 Å². The minimum Gasteiger partial charge on any atom is -0.303 e. The highest BCUT2D eigenvalue weighted by molar-refractivity contribution is 5.49. The van der Waals surface area contributed by atoms with Gasteiger partial charge in [-0.2, -0.15) is 0 Å². The molecule has 1 aromatic rings. The number of hydrogen-bond donors (Lipinski definition) is 0. The van der Waals surface area contributed by atoms with Gasteiger partial charge in [-0.1, -0.05) is 0 Å². The first-order chi connectivity index (χ1) is 4.93. The number of carbonyl (C=O) groups excluding carboxylic acids is 1. The number of rotatable bonds is 3. The third kappa shape index (κ3) is 1.97. The Kier molecular flexibility index (Phi) is 2.62. The summed E-state index contributed by atoms with van der Waals surface area (Å²) < 4.78 is 0. The van der Waals surface area contributed by atoms with E-state index in [1.807, 2.05) is 12.1 Å². The highest BCUT2D eigenvalue weighted by Gasteiger charge is 1.88. The van der Waals surface area contributed by atoms with Crippen LogP contribution in [0.15, 0.2) is 24.5 Å². The van der Waals surface area contributed by atoms with E-state index in [-0.39, 0.29) is 0 Å². The lowest BCUT2D eigenvalue weighted by atomic mass is 10.2. The Morgan fingerprint density at radius 3 is 2.70 bits per heavy atom. The Balaban J connectivity index is 2.50. The van der Waals surface area contributed by atoms with Gasteiger partial charge in [-0.05, 0) is 24.1 Å². The molecule has 0 atom stereocenters. The van der Waals surface area contributed by atoms with Crippen molar-refractivity contribution in [3.05, 3.63) is 30.1 Å². The van der Waals surface area contributed by atoms with Crippen LogP contribution in [0, 0.1) is 0 Å². The fraction of sp³-hybridized carbons (Fsp3) is 0.250. The molecule has 1 heterocycles. The molecular formula is C8H9NO. The van der Waals surface area contributed by atoms with E-state index in [0.717, 1.165) is 12.7 Å². The maximum absolute atomic E-state index is 9.96. The number of aryl methyl sites for hydroxylation is 1. The van der Waals surface area contributed by atoms with Crippen LogP contribution in [0.3, 0.4) is 0 Å².